The average molecular weight is 294 g/mol. The van der Waals surface area contributed by atoms with E-state index in [4.69, 9.17) is 4.74 Å². The predicted octanol–water partition coefficient (Wildman–Crippen LogP) is 2.71. The molecule has 0 radical (unpaired) electrons. The molecule has 0 heterocycles. The second kappa shape index (κ2) is 4.98. The molecule has 74 valence electrons. The van der Waals surface area contributed by atoms with Crippen molar-refractivity contribution in [2.24, 2.45) is 5.41 Å². The van der Waals surface area contributed by atoms with Gasteiger partial charge in [-0.2, -0.15) is 0 Å². The van der Waals surface area contributed by atoms with Crippen molar-refractivity contribution >= 4 is 28.6 Å². The summed E-state index contributed by atoms with van der Waals surface area (Å²) in [6.45, 7) is 0. The molecule has 0 aromatic heterocycles. The van der Waals surface area contributed by atoms with Crippen LogP contribution in [-0.2, 0) is 9.53 Å². The number of alkyl halides is 1. The van der Waals surface area contributed by atoms with Crippen LogP contribution in [0.1, 0.15) is 25.7 Å². The predicted molar refractivity (Wildman–Crippen MR) is 60.9 cm³/mol. The van der Waals surface area contributed by atoms with Crippen LogP contribution in [0.4, 0.5) is 0 Å². The maximum Gasteiger partial charge on any atom is 0.315 e. The molecule has 13 heavy (non-hydrogen) atoms. The number of carbonyl (C=O) groups is 1. The summed E-state index contributed by atoms with van der Waals surface area (Å²) in [6.07, 6.45) is 8.07. The molecule has 0 amide bonds. The standard InChI is InChI=1S/C10H15IO2/c1-13-9(12)10(7-4-8-11)5-2-3-6-10/h2,5H,3-4,6-8H2,1H3. The molecule has 2 nitrogen and oxygen atoms in total. The molecule has 1 atom stereocenters. The largest absolute Gasteiger partial charge is 0.468 e. The first-order valence-electron chi connectivity index (χ1n) is 4.57. The molecule has 0 aromatic carbocycles. The third-order valence-corrected chi connectivity index (χ3v) is 3.31. The van der Waals surface area contributed by atoms with E-state index >= 15 is 0 Å². The van der Waals surface area contributed by atoms with Gasteiger partial charge in [0.05, 0.1) is 12.5 Å². The van der Waals surface area contributed by atoms with Crippen LogP contribution in [0.15, 0.2) is 12.2 Å². The fourth-order valence-electron chi connectivity index (χ4n) is 1.80. The van der Waals surface area contributed by atoms with Gasteiger partial charge in [0.25, 0.3) is 0 Å². The van der Waals surface area contributed by atoms with E-state index in [1.165, 1.54) is 7.11 Å². The van der Waals surface area contributed by atoms with Crippen molar-refractivity contribution in [2.75, 3.05) is 11.5 Å². The topological polar surface area (TPSA) is 26.3 Å². The van der Waals surface area contributed by atoms with E-state index in [1.807, 2.05) is 6.08 Å². The summed E-state index contributed by atoms with van der Waals surface area (Å²) in [7, 11) is 1.47. The first-order chi connectivity index (χ1) is 6.25. The third-order valence-electron chi connectivity index (χ3n) is 2.54. The number of carbonyl (C=O) groups excluding carboxylic acids is 1. The van der Waals surface area contributed by atoms with Crippen molar-refractivity contribution in [1.82, 2.24) is 0 Å². The fourth-order valence-corrected chi connectivity index (χ4v) is 2.18. The number of hydrogen-bond donors (Lipinski definition) is 0. The quantitative estimate of drug-likeness (QED) is 0.345. The minimum Gasteiger partial charge on any atom is -0.468 e. The third kappa shape index (κ3) is 2.45. The molecule has 0 aromatic rings. The smallest absolute Gasteiger partial charge is 0.315 e. The maximum absolute atomic E-state index is 11.6. The van der Waals surface area contributed by atoms with Gasteiger partial charge >= 0.3 is 5.97 Å². The lowest BCUT2D eigenvalue weighted by molar-refractivity contribution is -0.150. The van der Waals surface area contributed by atoms with E-state index in [0.717, 1.165) is 30.1 Å². The number of halogens is 1. The van der Waals surface area contributed by atoms with Gasteiger partial charge in [0.2, 0.25) is 0 Å². The summed E-state index contributed by atoms with van der Waals surface area (Å²) in [5.41, 5.74) is -0.292. The van der Waals surface area contributed by atoms with E-state index in [1.54, 1.807) is 0 Å². The molecule has 0 fully saturated rings. The van der Waals surface area contributed by atoms with E-state index in [2.05, 4.69) is 28.7 Å². The Morgan fingerprint density at radius 2 is 2.46 bits per heavy atom. The van der Waals surface area contributed by atoms with Gasteiger partial charge in [0.1, 0.15) is 0 Å². The van der Waals surface area contributed by atoms with E-state index in [0.29, 0.717) is 0 Å². The molecule has 0 N–H and O–H groups in total. The van der Waals surface area contributed by atoms with Gasteiger partial charge in [-0.15, -0.1) is 0 Å². The van der Waals surface area contributed by atoms with E-state index in [9.17, 15) is 4.79 Å². The van der Waals surface area contributed by atoms with Crippen LogP contribution >= 0.6 is 22.6 Å². The molecule has 1 rings (SSSR count). The van der Waals surface area contributed by atoms with Crippen molar-refractivity contribution in [3.8, 4) is 0 Å². The Morgan fingerprint density at radius 1 is 1.69 bits per heavy atom. The van der Waals surface area contributed by atoms with Crippen LogP contribution in [0, 0.1) is 5.41 Å². The van der Waals surface area contributed by atoms with E-state index in [-0.39, 0.29) is 11.4 Å². The molecule has 0 spiro atoms. The Morgan fingerprint density at radius 3 is 2.92 bits per heavy atom. The number of ether oxygens (including phenoxy) is 1. The maximum atomic E-state index is 11.6. The zero-order chi connectivity index (χ0) is 9.73. The minimum atomic E-state index is -0.292. The highest BCUT2D eigenvalue weighted by Crippen LogP contribution is 2.37. The molecule has 3 heteroatoms. The lowest BCUT2D eigenvalue weighted by atomic mass is 9.83. The van der Waals surface area contributed by atoms with Crippen molar-refractivity contribution in [1.29, 1.82) is 0 Å². The lowest BCUT2D eigenvalue weighted by Gasteiger charge is -2.23. The van der Waals surface area contributed by atoms with Gasteiger partial charge in [0, 0.05) is 0 Å². The van der Waals surface area contributed by atoms with Gasteiger partial charge in [-0.25, -0.2) is 0 Å². The molecule has 0 saturated carbocycles. The van der Waals surface area contributed by atoms with Gasteiger partial charge in [-0.05, 0) is 30.1 Å². The molecule has 0 aliphatic heterocycles. The first-order valence-corrected chi connectivity index (χ1v) is 6.10. The van der Waals surface area contributed by atoms with Crippen LogP contribution in [0.3, 0.4) is 0 Å². The Balaban J connectivity index is 2.64. The van der Waals surface area contributed by atoms with Crippen LogP contribution in [0.5, 0.6) is 0 Å². The molecule has 0 bridgehead atoms. The fraction of sp³-hybridized carbons (Fsp3) is 0.700. The summed E-state index contributed by atoms with van der Waals surface area (Å²) >= 11 is 2.34. The van der Waals surface area contributed by atoms with Crippen molar-refractivity contribution in [3.63, 3.8) is 0 Å². The molecule has 1 unspecified atom stereocenters. The van der Waals surface area contributed by atoms with Crippen molar-refractivity contribution < 1.29 is 9.53 Å². The minimum absolute atomic E-state index is 0.0638. The average Bonchev–Trinajstić information content (AvgIpc) is 2.63. The molecule has 1 aliphatic rings. The second-order valence-electron chi connectivity index (χ2n) is 3.38. The van der Waals surface area contributed by atoms with Gasteiger partial charge < -0.3 is 4.74 Å². The Bertz CT molecular complexity index is 213. The van der Waals surface area contributed by atoms with Crippen LogP contribution in [0.2, 0.25) is 0 Å². The summed E-state index contributed by atoms with van der Waals surface area (Å²) in [6, 6.07) is 0. The number of methoxy groups -OCH3 is 1. The SMILES string of the molecule is COC(=O)C1(CCCI)C=CCC1. The Kier molecular flexibility index (Phi) is 4.22. The zero-order valence-electron chi connectivity index (χ0n) is 7.88. The van der Waals surface area contributed by atoms with Crippen LogP contribution in [-0.4, -0.2) is 17.5 Å². The second-order valence-corrected chi connectivity index (χ2v) is 4.46. The number of esters is 1. The molecular formula is C10H15IO2. The van der Waals surface area contributed by atoms with Gasteiger partial charge in [0.15, 0.2) is 0 Å². The Labute approximate surface area is 92.9 Å². The zero-order valence-corrected chi connectivity index (χ0v) is 10.0. The molecule has 1 aliphatic carbocycles. The highest BCUT2D eigenvalue weighted by molar-refractivity contribution is 14.1. The normalized spacial score (nSPS) is 26.3. The first kappa shape index (κ1) is 11.0. The number of allylic oxidation sites excluding steroid dienone is 1. The summed E-state index contributed by atoms with van der Waals surface area (Å²) in [4.78, 5) is 11.6. The monoisotopic (exact) mass is 294 g/mol. The van der Waals surface area contributed by atoms with Crippen LogP contribution in [0.25, 0.3) is 0 Å². The molecular weight excluding hydrogens is 279 g/mol. The van der Waals surface area contributed by atoms with Gasteiger partial charge in [-0.3, -0.25) is 4.79 Å². The number of rotatable bonds is 4. The highest BCUT2D eigenvalue weighted by atomic mass is 127. The van der Waals surface area contributed by atoms with Crippen molar-refractivity contribution in [3.05, 3.63) is 12.2 Å². The van der Waals surface area contributed by atoms with Crippen LogP contribution < -0.4 is 0 Å². The molecule has 0 saturated heterocycles. The number of hydrogen-bond acceptors (Lipinski definition) is 2. The Hall–Kier alpha value is -0.0600. The lowest BCUT2D eigenvalue weighted by Crippen LogP contribution is -2.28. The van der Waals surface area contributed by atoms with E-state index < -0.39 is 0 Å². The van der Waals surface area contributed by atoms with Crippen molar-refractivity contribution in [2.45, 2.75) is 25.7 Å². The van der Waals surface area contributed by atoms with Gasteiger partial charge in [-0.1, -0.05) is 34.7 Å². The summed E-state index contributed by atoms with van der Waals surface area (Å²) in [5.74, 6) is -0.0638. The highest BCUT2D eigenvalue weighted by Gasteiger charge is 2.37. The summed E-state index contributed by atoms with van der Waals surface area (Å²) in [5, 5.41) is 0. The summed E-state index contributed by atoms with van der Waals surface area (Å²) < 4.78 is 5.94.